The third kappa shape index (κ3) is 36.1. The van der Waals surface area contributed by atoms with Gasteiger partial charge < -0.3 is 105 Å². The number of carboxylic acid groups (broad SMARTS) is 2. The number of hydrogen-bond acceptors (Lipinski definition) is 34. The number of benzene rings is 8. The second-order valence-corrected chi connectivity index (χ2v) is 29.5. The average molecular weight is 1980 g/mol. The second kappa shape index (κ2) is 56.9. The number of phenolic OH excluding ortho intramolecular Hbond substituents is 2. The van der Waals surface area contributed by atoms with Gasteiger partial charge in [0, 0.05) is 39.9 Å². The van der Waals surface area contributed by atoms with Crippen molar-refractivity contribution in [1.82, 2.24) is 30.9 Å². The molecule has 0 saturated carbocycles. The Morgan fingerprint density at radius 2 is 0.669 bits per heavy atom. The van der Waals surface area contributed by atoms with Crippen LogP contribution in [0.15, 0.2) is 256 Å². The molecule has 6 N–H and O–H groups in total. The van der Waals surface area contributed by atoms with Gasteiger partial charge in [0.2, 0.25) is 0 Å². The number of esters is 4. The molecule has 0 bridgehead atoms. The molecule has 714 valence electrons. The van der Waals surface area contributed by atoms with Gasteiger partial charge in [-0.05, 0) is 170 Å². The van der Waals surface area contributed by atoms with Crippen molar-refractivity contribution < 1.29 is 134 Å². The summed E-state index contributed by atoms with van der Waals surface area (Å²) in [5, 5.41) is 83.4. The Morgan fingerprint density at radius 3 is 0.993 bits per heavy atom. The highest BCUT2D eigenvalue weighted by Gasteiger charge is 2.23. The first kappa shape index (κ1) is 107. The number of aliphatic carboxylic acids is 2. The Hall–Kier alpha value is -15.7. The van der Waals surface area contributed by atoms with Crippen molar-refractivity contribution >= 4 is 82.4 Å². The molecule has 14 rings (SSSR count). The van der Waals surface area contributed by atoms with Gasteiger partial charge in [-0.15, -0.1) is 0 Å². The van der Waals surface area contributed by atoms with Gasteiger partial charge in [-0.1, -0.05) is 189 Å². The van der Waals surface area contributed by atoms with Crippen molar-refractivity contribution in [3.8, 4) is 67.9 Å². The largest absolute Gasteiger partial charge is 0.508 e. The predicted molar refractivity (Wildman–Crippen MR) is 505 cm³/mol. The lowest BCUT2D eigenvalue weighted by molar-refractivity contribution is -0.141. The van der Waals surface area contributed by atoms with Crippen LogP contribution >= 0.6 is 22.6 Å². The first-order chi connectivity index (χ1) is 65.5. The summed E-state index contributed by atoms with van der Waals surface area (Å²) in [7, 11) is 6.93. The summed E-state index contributed by atoms with van der Waals surface area (Å²) in [5.74, 6) is 2.64. The number of carboxylic acids is 2. The molecule has 0 saturated heterocycles. The first-order valence-electron chi connectivity index (χ1n) is 41.6. The van der Waals surface area contributed by atoms with E-state index in [1.54, 1.807) is 64.1 Å². The number of hydrogen-bond donors (Lipinski definition) is 6. The lowest BCUT2D eigenvalue weighted by Gasteiger charge is -2.10. The molecule has 0 unspecified atom stereocenters. The van der Waals surface area contributed by atoms with E-state index in [-0.39, 0.29) is 87.1 Å². The van der Waals surface area contributed by atoms with E-state index >= 15 is 0 Å². The van der Waals surface area contributed by atoms with Crippen molar-refractivity contribution in [3.05, 3.63) is 313 Å². The summed E-state index contributed by atoms with van der Waals surface area (Å²) in [4.78, 5) is 75.6. The summed E-state index contributed by atoms with van der Waals surface area (Å²) in [6.07, 6.45) is 0.0413. The summed E-state index contributed by atoms with van der Waals surface area (Å²) in [6.45, 7) is 16.1. The van der Waals surface area contributed by atoms with E-state index in [2.05, 4.69) is 82.6 Å². The number of halogens is 1. The van der Waals surface area contributed by atoms with Crippen molar-refractivity contribution in [2.45, 2.75) is 107 Å². The van der Waals surface area contributed by atoms with Gasteiger partial charge in [0.1, 0.15) is 137 Å². The van der Waals surface area contributed by atoms with Crippen LogP contribution in [-0.4, -0.2) is 172 Å². The Morgan fingerprint density at radius 1 is 0.360 bits per heavy atom. The number of aryl methyl sites for hydroxylation is 6. The predicted octanol–water partition coefficient (Wildman–Crippen LogP) is 15.4. The van der Waals surface area contributed by atoms with Crippen LogP contribution < -0.4 is 24.4 Å². The van der Waals surface area contributed by atoms with E-state index in [1.165, 1.54) is 66.9 Å². The van der Waals surface area contributed by atoms with Crippen LogP contribution in [0.25, 0.3) is 33.4 Å². The van der Waals surface area contributed by atoms with Crippen LogP contribution in [0.3, 0.4) is 0 Å². The number of methoxy groups -OCH3 is 4. The van der Waals surface area contributed by atoms with Crippen LogP contribution in [0, 0.1) is 45.1 Å². The molecular formula is C98H104BIN8O28. The topological polar surface area (TPSA) is 497 Å². The van der Waals surface area contributed by atoms with E-state index in [1.807, 2.05) is 185 Å². The summed E-state index contributed by atoms with van der Waals surface area (Å²) >= 11 is 2.09. The van der Waals surface area contributed by atoms with Crippen molar-refractivity contribution in [3.63, 3.8) is 0 Å². The van der Waals surface area contributed by atoms with Gasteiger partial charge in [0.25, 0.3) is 0 Å². The zero-order valence-corrected chi connectivity index (χ0v) is 79.2. The molecule has 0 atom stereocenters. The molecular weight excluding hydrogens is 1870 g/mol. The fourth-order valence-electron chi connectivity index (χ4n) is 11.9. The quantitative estimate of drug-likeness (QED) is 0.00569. The number of ether oxygens (including phenoxy) is 8. The molecule has 0 fully saturated rings. The number of rotatable bonds is 32. The highest BCUT2D eigenvalue weighted by molar-refractivity contribution is 14.1. The molecule has 0 aliphatic heterocycles. The van der Waals surface area contributed by atoms with Gasteiger partial charge in [-0.3, -0.25) is 28.8 Å². The number of carbonyl (C=O) groups is 6. The molecule has 136 heavy (non-hydrogen) atoms. The summed E-state index contributed by atoms with van der Waals surface area (Å²) in [6, 6.07) is 65.5. The van der Waals surface area contributed by atoms with E-state index in [9.17, 15) is 33.9 Å². The van der Waals surface area contributed by atoms with Crippen molar-refractivity contribution in [2.24, 2.45) is 10.3 Å². The molecule has 36 nitrogen and oxygen atoms in total. The Kier molecular flexibility index (Phi) is 44.9. The standard InChI is InChI=1S/C29H28N2O6.C28H26N2O6.C13H13NO4.C7H8INO3.C7H9NO3.C6H7BO3.C6H7NO3.C2H6/c1-20-29(27(37-30-20)17-28(32)33-2)23-11-15-25(16-12-23)35-18-21-9-13-24(14-10-21)36-19-26(31-34-3)22-7-5-4-6-8-22;1-19-28(26(36-29-19)16-27(31)32)22-10-14-24(15-11-22)34-17-20-8-12-23(13-9-20)35-18-25(30-33-2)21-6-4-3-5-7-21;1-8-13(9-3-5-10(15)6-4-9)11(18-14-8)7-12(16)17-2;1-4-7(8)5(12-9-4)3-6(10)11-2;1-5-3-6(11-8-5)4-7(9)10-2;8-6-3-1-5(2-4-6)7(9)10;1-4-2-5(10-7-4)3-6(8)9;1-2/h4-16H,17-19H2,1-3H3;3-15H,16-18H2,1-2H3,(H,31,32);3-6,15H,7H2,1-2H3;3H2,1-2H3;3H,4H2,1-2H3;1-4,8-10H;2H,3H2,1H3,(H,8,9);1-2H3/b31-26+;30-25+;;;;;;. The molecule has 0 spiro atoms. The zero-order chi connectivity index (χ0) is 99.0. The number of phenols is 2. The third-order valence-corrected chi connectivity index (χ3v) is 19.8. The number of carbonyl (C=O) groups excluding carboxylic acids is 4. The third-order valence-electron chi connectivity index (χ3n) is 18.4. The monoisotopic (exact) mass is 1980 g/mol. The molecule has 0 amide bonds. The molecule has 14 aromatic rings. The molecule has 8 aromatic carbocycles. The Balaban J connectivity index is 0.000000232. The fraction of sp³-hybridized carbons (Fsp3) is 0.245. The van der Waals surface area contributed by atoms with E-state index in [0.717, 1.165) is 76.5 Å². The second-order valence-electron chi connectivity index (χ2n) is 28.4. The minimum atomic E-state index is -1.46. The van der Waals surface area contributed by atoms with Gasteiger partial charge in [0.15, 0.2) is 23.0 Å². The van der Waals surface area contributed by atoms with Crippen LogP contribution in [0.4, 0.5) is 0 Å². The van der Waals surface area contributed by atoms with Gasteiger partial charge in [0.05, 0.1) is 66.2 Å². The highest BCUT2D eigenvalue weighted by Crippen LogP contribution is 2.34. The van der Waals surface area contributed by atoms with Crippen LogP contribution in [0.1, 0.15) is 105 Å². The Bertz CT molecular complexity index is 6080. The number of aromatic hydroxyl groups is 2. The van der Waals surface area contributed by atoms with Crippen molar-refractivity contribution in [2.75, 3.05) is 55.9 Å². The van der Waals surface area contributed by atoms with Crippen LogP contribution in [0.5, 0.6) is 34.5 Å². The maximum Gasteiger partial charge on any atom is 0.488 e. The normalized spacial score (nSPS) is 10.5. The lowest BCUT2D eigenvalue weighted by Crippen LogP contribution is -2.29. The Labute approximate surface area is 796 Å². The fourth-order valence-corrected chi connectivity index (χ4v) is 12.3. The zero-order valence-electron chi connectivity index (χ0n) is 77.1. The van der Waals surface area contributed by atoms with E-state index < -0.39 is 19.1 Å². The minimum Gasteiger partial charge on any atom is -0.508 e. The van der Waals surface area contributed by atoms with Gasteiger partial charge in [-0.25, -0.2) is 0 Å². The smallest absolute Gasteiger partial charge is 0.488 e. The molecule has 0 aliphatic rings. The summed E-state index contributed by atoms with van der Waals surface area (Å²) < 4.78 is 72.8. The lowest BCUT2D eigenvalue weighted by atomic mass is 9.80. The summed E-state index contributed by atoms with van der Waals surface area (Å²) in [5.41, 5.74) is 14.8. The number of oxime groups is 2. The maximum atomic E-state index is 11.7. The van der Waals surface area contributed by atoms with Crippen LogP contribution in [0.2, 0.25) is 0 Å². The van der Waals surface area contributed by atoms with E-state index in [4.69, 9.17) is 81.3 Å². The van der Waals surface area contributed by atoms with Crippen molar-refractivity contribution in [1.29, 1.82) is 0 Å². The highest BCUT2D eigenvalue weighted by atomic mass is 127. The maximum absolute atomic E-state index is 11.7. The van der Waals surface area contributed by atoms with E-state index in [0.29, 0.717) is 104 Å². The van der Waals surface area contributed by atoms with Gasteiger partial charge in [-0.2, -0.15) is 0 Å². The molecule has 0 aliphatic carbocycles. The van der Waals surface area contributed by atoms with Crippen LogP contribution in [-0.2, 0) is 109 Å². The molecule has 6 aromatic heterocycles. The molecule has 38 heteroatoms. The SMILES string of the molecule is CC.CO/N=C(\COc1ccc(COc2ccc(-c3c(C)noc3CC(=O)O)cc2)cc1)c1ccccc1.CO/N=C(\COc1ccc(COc2ccc(-c3c(C)noc3CC(=O)OC)cc2)cc1)c1ccccc1.COC(=O)Cc1cc(C)no1.COC(=O)Cc1onc(C)c1-c1ccc(O)cc1.COC(=O)Cc1onc(C)c1I.Cc1cc(CC(=O)O)on1.OB(O)c1ccc(O)cc1. The average Bonchev–Trinajstić information content (AvgIpc) is 1.68. The number of aromatic nitrogens is 6. The minimum absolute atomic E-state index is 0.0252. The number of nitrogens with zero attached hydrogens (tertiary/aromatic N) is 8. The first-order valence-corrected chi connectivity index (χ1v) is 42.7. The molecule has 6 heterocycles. The van der Waals surface area contributed by atoms with Gasteiger partial charge >= 0.3 is 42.9 Å². The molecule has 0 radical (unpaired) electrons.